The molecule has 1 aromatic carbocycles. The van der Waals surface area contributed by atoms with Crippen LogP contribution in [0.5, 0.6) is 0 Å². The zero-order valence-electron chi connectivity index (χ0n) is 15.0. The van der Waals surface area contributed by atoms with E-state index in [0.29, 0.717) is 0 Å². The summed E-state index contributed by atoms with van der Waals surface area (Å²) in [6, 6.07) is 10.00. The Morgan fingerprint density at radius 1 is 1.12 bits per heavy atom. The number of fused-ring (bicyclic) bond motifs is 1. The van der Waals surface area contributed by atoms with Crippen molar-refractivity contribution in [3.05, 3.63) is 47.8 Å². The van der Waals surface area contributed by atoms with Gasteiger partial charge in [0.25, 0.3) is 0 Å². The zero-order valence-corrected chi connectivity index (χ0v) is 15.0. The molecular weight excluding hydrogens is 328 g/mol. The Bertz CT molecular complexity index is 922. The summed E-state index contributed by atoms with van der Waals surface area (Å²) in [6.45, 7) is 5.71. The smallest absolute Gasteiger partial charge is 0.227 e. The minimum atomic E-state index is 0.0331. The lowest BCUT2D eigenvalue weighted by atomic mass is 9.95. The molecule has 1 saturated heterocycles. The molecule has 4 rings (SSSR count). The van der Waals surface area contributed by atoms with E-state index in [4.69, 9.17) is 0 Å². The molecule has 0 radical (unpaired) electrons. The van der Waals surface area contributed by atoms with Gasteiger partial charge in [0, 0.05) is 24.7 Å². The van der Waals surface area contributed by atoms with Crippen LogP contribution in [-0.2, 0) is 4.79 Å². The molecule has 1 fully saturated rings. The summed E-state index contributed by atoms with van der Waals surface area (Å²) in [5.74, 6) is 1.04. The van der Waals surface area contributed by atoms with Gasteiger partial charge in [-0.15, -0.1) is 15.3 Å². The number of benzene rings is 1. The maximum absolute atomic E-state index is 12.6. The minimum absolute atomic E-state index is 0.0331. The van der Waals surface area contributed by atoms with Gasteiger partial charge in [-0.3, -0.25) is 4.79 Å². The predicted octanol–water partition coefficient (Wildman–Crippen LogP) is 2.60. The van der Waals surface area contributed by atoms with Gasteiger partial charge in [0.15, 0.2) is 5.65 Å². The Labute approximate surface area is 152 Å². The molecule has 7 heteroatoms. The van der Waals surface area contributed by atoms with Gasteiger partial charge in [-0.25, -0.2) is 0 Å². The average molecular weight is 350 g/mol. The second-order valence-corrected chi connectivity index (χ2v) is 6.95. The Balaban J connectivity index is 1.38. The van der Waals surface area contributed by atoms with E-state index in [2.05, 4.69) is 31.6 Å². The monoisotopic (exact) mass is 350 g/mol. The fraction of sp³-hybridized carbons (Fsp3) is 0.368. The molecule has 1 N–H and O–H groups in total. The van der Waals surface area contributed by atoms with E-state index in [1.807, 2.05) is 38.1 Å². The van der Waals surface area contributed by atoms with Crippen molar-refractivity contribution in [1.29, 1.82) is 0 Å². The normalized spacial score (nSPS) is 15.4. The summed E-state index contributed by atoms with van der Waals surface area (Å²) in [6.07, 6.45) is 3.24. The summed E-state index contributed by atoms with van der Waals surface area (Å²) in [5, 5.41) is 15.4. The van der Waals surface area contributed by atoms with Crippen molar-refractivity contribution in [3.63, 3.8) is 0 Å². The Morgan fingerprint density at radius 2 is 1.85 bits per heavy atom. The molecular formula is C19H22N6O. The maximum Gasteiger partial charge on any atom is 0.227 e. The summed E-state index contributed by atoms with van der Waals surface area (Å²) in [4.78, 5) is 14.8. The van der Waals surface area contributed by atoms with Gasteiger partial charge in [-0.05, 0) is 62.1 Å². The van der Waals surface area contributed by atoms with Crippen molar-refractivity contribution in [2.24, 2.45) is 5.92 Å². The number of rotatable bonds is 3. The molecule has 3 heterocycles. The number of amides is 1. The van der Waals surface area contributed by atoms with Crippen LogP contribution in [0.25, 0.3) is 5.65 Å². The zero-order chi connectivity index (χ0) is 18.1. The first kappa shape index (κ1) is 16.5. The van der Waals surface area contributed by atoms with Crippen molar-refractivity contribution in [2.75, 3.05) is 23.3 Å². The Kier molecular flexibility index (Phi) is 4.28. The molecule has 0 bridgehead atoms. The quantitative estimate of drug-likeness (QED) is 0.786. The molecule has 134 valence electrons. The number of aryl methyl sites for hydroxylation is 2. The van der Waals surface area contributed by atoms with E-state index in [-0.39, 0.29) is 11.8 Å². The summed E-state index contributed by atoms with van der Waals surface area (Å²) in [5.41, 5.74) is 3.93. The fourth-order valence-corrected chi connectivity index (χ4v) is 3.55. The molecule has 0 unspecified atom stereocenters. The van der Waals surface area contributed by atoms with Crippen LogP contribution >= 0.6 is 0 Å². The largest absolute Gasteiger partial charge is 0.355 e. The number of hydrogen-bond acceptors (Lipinski definition) is 5. The number of nitrogens with zero attached hydrogens (tertiary/aromatic N) is 5. The highest BCUT2D eigenvalue weighted by atomic mass is 16.1. The molecule has 1 aliphatic heterocycles. The predicted molar refractivity (Wildman–Crippen MR) is 100 cm³/mol. The topological polar surface area (TPSA) is 75.4 Å². The number of hydrogen-bond donors (Lipinski definition) is 1. The molecule has 0 spiro atoms. The van der Waals surface area contributed by atoms with Crippen LogP contribution in [0.2, 0.25) is 0 Å². The average Bonchev–Trinajstić information content (AvgIpc) is 3.08. The van der Waals surface area contributed by atoms with E-state index < -0.39 is 0 Å². The third-order valence-electron chi connectivity index (χ3n) is 4.83. The number of piperidine rings is 1. The van der Waals surface area contributed by atoms with Crippen molar-refractivity contribution in [2.45, 2.75) is 26.7 Å². The number of nitrogens with one attached hydrogen (secondary N) is 1. The maximum atomic E-state index is 12.6. The molecule has 1 amide bonds. The van der Waals surface area contributed by atoms with Crippen molar-refractivity contribution < 1.29 is 4.79 Å². The highest BCUT2D eigenvalue weighted by Gasteiger charge is 2.26. The van der Waals surface area contributed by atoms with Crippen LogP contribution in [0.3, 0.4) is 0 Å². The molecule has 0 atom stereocenters. The van der Waals surface area contributed by atoms with E-state index in [0.717, 1.165) is 54.2 Å². The molecule has 2 aromatic heterocycles. The van der Waals surface area contributed by atoms with Crippen LogP contribution in [0.4, 0.5) is 11.5 Å². The Morgan fingerprint density at radius 3 is 2.58 bits per heavy atom. The molecule has 3 aromatic rings. The van der Waals surface area contributed by atoms with E-state index in [1.165, 1.54) is 0 Å². The summed E-state index contributed by atoms with van der Waals surface area (Å²) >= 11 is 0. The first-order valence-electron chi connectivity index (χ1n) is 8.90. The van der Waals surface area contributed by atoms with Gasteiger partial charge in [0.05, 0.1) is 0 Å². The third-order valence-corrected chi connectivity index (χ3v) is 4.83. The van der Waals surface area contributed by atoms with Crippen molar-refractivity contribution in [1.82, 2.24) is 19.8 Å². The van der Waals surface area contributed by atoms with E-state index >= 15 is 0 Å². The standard InChI is InChI=1S/C19H22N6O/c1-13-9-14(2)11-16(10-13)21-19(26)15-5-7-24(8-6-15)18-4-3-17-22-20-12-25(17)23-18/h3-4,9-12,15H,5-8H2,1-2H3,(H,21,26). The number of carbonyl (C=O) groups is 1. The van der Waals surface area contributed by atoms with Gasteiger partial charge >= 0.3 is 0 Å². The Hall–Kier alpha value is -2.96. The molecule has 1 aliphatic rings. The van der Waals surface area contributed by atoms with E-state index in [1.54, 1.807) is 10.8 Å². The lowest BCUT2D eigenvalue weighted by Crippen LogP contribution is -2.38. The van der Waals surface area contributed by atoms with Crippen LogP contribution in [0.15, 0.2) is 36.7 Å². The van der Waals surface area contributed by atoms with Gasteiger partial charge in [-0.1, -0.05) is 6.07 Å². The minimum Gasteiger partial charge on any atom is -0.355 e. The van der Waals surface area contributed by atoms with Gasteiger partial charge in [0.2, 0.25) is 5.91 Å². The number of anilines is 2. The lowest BCUT2D eigenvalue weighted by Gasteiger charge is -2.32. The highest BCUT2D eigenvalue weighted by molar-refractivity contribution is 5.92. The van der Waals surface area contributed by atoms with Crippen molar-refractivity contribution in [3.8, 4) is 0 Å². The first-order chi connectivity index (χ1) is 12.6. The van der Waals surface area contributed by atoms with Gasteiger partial charge < -0.3 is 10.2 Å². The number of aromatic nitrogens is 4. The molecule has 26 heavy (non-hydrogen) atoms. The molecule has 0 saturated carbocycles. The summed E-state index contributed by atoms with van der Waals surface area (Å²) < 4.78 is 1.67. The van der Waals surface area contributed by atoms with E-state index in [9.17, 15) is 4.79 Å². The summed E-state index contributed by atoms with van der Waals surface area (Å²) in [7, 11) is 0. The van der Waals surface area contributed by atoms with Gasteiger partial charge in [-0.2, -0.15) is 4.52 Å². The van der Waals surface area contributed by atoms with Gasteiger partial charge in [0.1, 0.15) is 12.1 Å². The SMILES string of the molecule is Cc1cc(C)cc(NC(=O)C2CCN(c3ccc4nncn4n3)CC2)c1. The third kappa shape index (κ3) is 3.37. The van der Waals surface area contributed by atoms with Crippen molar-refractivity contribution >= 4 is 23.1 Å². The van der Waals surface area contributed by atoms with Crippen LogP contribution < -0.4 is 10.2 Å². The molecule has 7 nitrogen and oxygen atoms in total. The first-order valence-corrected chi connectivity index (χ1v) is 8.90. The lowest BCUT2D eigenvalue weighted by molar-refractivity contribution is -0.120. The second-order valence-electron chi connectivity index (χ2n) is 6.95. The fourth-order valence-electron chi connectivity index (χ4n) is 3.55. The van der Waals surface area contributed by atoms with Crippen LogP contribution in [0.1, 0.15) is 24.0 Å². The van der Waals surface area contributed by atoms with Crippen LogP contribution in [0, 0.1) is 19.8 Å². The second kappa shape index (κ2) is 6.74. The highest BCUT2D eigenvalue weighted by Crippen LogP contribution is 2.24. The molecule has 0 aliphatic carbocycles. The number of carbonyl (C=O) groups excluding carboxylic acids is 1. The van der Waals surface area contributed by atoms with Crippen LogP contribution in [-0.4, -0.2) is 38.8 Å².